The molecule has 0 radical (unpaired) electrons. The first-order valence-corrected chi connectivity index (χ1v) is 13.2. The monoisotopic (exact) mass is 590 g/mol. The number of nitro groups is 1. The molecule has 1 saturated heterocycles. The molecule has 1 fully saturated rings. The maximum Gasteiger partial charge on any atom is 0.305 e. The molecule has 2 unspecified atom stereocenters. The minimum atomic E-state index is -1.45. The van der Waals surface area contributed by atoms with E-state index >= 15 is 0 Å². The number of methoxy groups -OCH3 is 2. The van der Waals surface area contributed by atoms with Gasteiger partial charge in [0.05, 0.1) is 31.6 Å². The van der Waals surface area contributed by atoms with E-state index in [1.807, 2.05) is 13.0 Å². The normalized spacial score (nSPS) is 15.0. The molecular weight excluding hydrogens is 560 g/mol. The third kappa shape index (κ3) is 6.72. The third-order valence-electron chi connectivity index (χ3n) is 7.00. The first-order valence-electron chi connectivity index (χ1n) is 13.2. The van der Waals surface area contributed by atoms with E-state index in [0.717, 1.165) is 5.56 Å². The number of carbonyl (C=O) groups excluding carboxylic acids is 3. The molecule has 0 aliphatic carbocycles. The Hall–Kier alpha value is -5.46. The Morgan fingerprint density at radius 1 is 0.930 bits per heavy atom. The number of nitrogens with zero attached hydrogens (tertiary/aromatic N) is 3. The van der Waals surface area contributed by atoms with E-state index in [1.165, 1.54) is 66.5 Å². The van der Waals surface area contributed by atoms with Crippen molar-refractivity contribution in [3.05, 3.63) is 99.1 Å². The molecule has 224 valence electrons. The van der Waals surface area contributed by atoms with Crippen molar-refractivity contribution in [1.82, 2.24) is 15.1 Å². The van der Waals surface area contributed by atoms with Crippen molar-refractivity contribution in [3.8, 4) is 11.5 Å². The van der Waals surface area contributed by atoms with E-state index in [1.54, 1.807) is 18.2 Å². The van der Waals surface area contributed by atoms with Gasteiger partial charge in [0, 0.05) is 36.3 Å². The second-order valence-electron chi connectivity index (χ2n) is 9.82. The number of amides is 3. The van der Waals surface area contributed by atoms with Crippen LogP contribution in [-0.2, 0) is 9.59 Å². The number of hydrogen-bond donors (Lipinski definition) is 2. The third-order valence-corrected chi connectivity index (χ3v) is 7.00. The molecule has 43 heavy (non-hydrogen) atoms. The highest BCUT2D eigenvalue weighted by Crippen LogP contribution is 2.30. The summed E-state index contributed by atoms with van der Waals surface area (Å²) in [4.78, 5) is 66.3. The van der Waals surface area contributed by atoms with Gasteiger partial charge in [-0.3, -0.25) is 29.3 Å². The number of benzene rings is 3. The highest BCUT2D eigenvalue weighted by Gasteiger charge is 2.44. The summed E-state index contributed by atoms with van der Waals surface area (Å²) in [7, 11) is 2.86. The Bertz CT molecular complexity index is 1570. The van der Waals surface area contributed by atoms with Crippen molar-refractivity contribution in [2.75, 3.05) is 27.3 Å². The van der Waals surface area contributed by atoms with E-state index in [9.17, 15) is 34.4 Å². The lowest BCUT2D eigenvalue weighted by atomic mass is 10.0. The van der Waals surface area contributed by atoms with Gasteiger partial charge in [-0.2, -0.15) is 0 Å². The predicted molar refractivity (Wildman–Crippen MR) is 153 cm³/mol. The van der Waals surface area contributed by atoms with Gasteiger partial charge in [-0.15, -0.1) is 0 Å². The van der Waals surface area contributed by atoms with Crippen LogP contribution in [0.25, 0.3) is 0 Å². The summed E-state index contributed by atoms with van der Waals surface area (Å²) >= 11 is 0. The van der Waals surface area contributed by atoms with Gasteiger partial charge in [-0.25, -0.2) is 0 Å². The molecule has 3 aromatic rings. The van der Waals surface area contributed by atoms with Gasteiger partial charge in [0.1, 0.15) is 0 Å². The molecule has 3 amide bonds. The van der Waals surface area contributed by atoms with Crippen LogP contribution >= 0.6 is 0 Å². The lowest BCUT2D eigenvalue weighted by Gasteiger charge is -2.31. The Morgan fingerprint density at radius 2 is 1.56 bits per heavy atom. The fraction of sp³-hybridized carbons (Fsp3) is 0.267. The van der Waals surface area contributed by atoms with E-state index in [0.29, 0.717) is 11.3 Å². The van der Waals surface area contributed by atoms with Gasteiger partial charge in [-0.05, 0) is 42.8 Å². The van der Waals surface area contributed by atoms with Crippen molar-refractivity contribution in [2.45, 2.75) is 25.6 Å². The average molecular weight is 591 g/mol. The number of carbonyl (C=O) groups is 4. The molecule has 0 aromatic heterocycles. The molecule has 0 spiro atoms. The van der Waals surface area contributed by atoms with Crippen LogP contribution in [-0.4, -0.2) is 77.0 Å². The van der Waals surface area contributed by atoms with Gasteiger partial charge in [-0.1, -0.05) is 29.8 Å². The number of nitrogens with one attached hydrogen (secondary N) is 1. The van der Waals surface area contributed by atoms with Gasteiger partial charge >= 0.3 is 5.97 Å². The van der Waals surface area contributed by atoms with Gasteiger partial charge in [0.2, 0.25) is 0 Å². The Labute approximate surface area is 246 Å². The van der Waals surface area contributed by atoms with Gasteiger partial charge in [0.15, 0.2) is 17.7 Å². The zero-order chi connectivity index (χ0) is 31.3. The number of carboxylic acids is 1. The molecule has 0 bridgehead atoms. The topological polar surface area (TPSA) is 169 Å². The van der Waals surface area contributed by atoms with Gasteiger partial charge < -0.3 is 29.7 Å². The predicted octanol–water partition coefficient (Wildman–Crippen LogP) is 3.18. The number of non-ortho nitro benzene ring substituents is 1. The van der Waals surface area contributed by atoms with Crippen molar-refractivity contribution < 1.29 is 38.7 Å². The number of rotatable bonds is 10. The standard InChI is InChI=1S/C30H30N4O9/c1-18-6-4-8-20(14-18)29(38)32-12-13-33(30(39)21-10-11-24(42-2)25(16-21)43-3)28(32)27(37)31-23(17-26(35)36)19-7-5-9-22(15-19)34(40)41/h4-11,14-16,23,28H,12-13,17H2,1-3H3,(H,31,37)(H,35,36). The van der Waals surface area contributed by atoms with Crippen molar-refractivity contribution in [1.29, 1.82) is 0 Å². The fourth-order valence-corrected chi connectivity index (χ4v) is 4.94. The highest BCUT2D eigenvalue weighted by molar-refractivity contribution is 6.02. The zero-order valence-corrected chi connectivity index (χ0v) is 23.7. The summed E-state index contributed by atoms with van der Waals surface area (Å²) in [6.07, 6.45) is -2.06. The number of nitro benzene ring substituents is 1. The van der Waals surface area contributed by atoms with E-state index in [2.05, 4.69) is 5.32 Å². The molecule has 0 saturated carbocycles. The number of aliphatic carboxylic acids is 1. The number of ether oxygens (including phenoxy) is 2. The lowest BCUT2D eigenvalue weighted by molar-refractivity contribution is -0.384. The summed E-state index contributed by atoms with van der Waals surface area (Å²) in [5.41, 5.74) is 1.18. The van der Waals surface area contributed by atoms with Crippen molar-refractivity contribution in [2.24, 2.45) is 0 Å². The summed E-state index contributed by atoms with van der Waals surface area (Å²) in [5, 5.41) is 23.5. The number of carboxylic acid groups (broad SMARTS) is 1. The fourth-order valence-electron chi connectivity index (χ4n) is 4.94. The molecule has 2 N–H and O–H groups in total. The van der Waals surface area contributed by atoms with Crippen LogP contribution in [0.3, 0.4) is 0 Å². The van der Waals surface area contributed by atoms with Crippen LogP contribution in [0, 0.1) is 17.0 Å². The van der Waals surface area contributed by atoms with E-state index in [4.69, 9.17) is 9.47 Å². The maximum absolute atomic E-state index is 13.9. The SMILES string of the molecule is COc1ccc(C(=O)N2CCN(C(=O)c3cccc(C)c3)C2C(=O)NC(CC(=O)O)c2cccc([N+](=O)[O-])c2)cc1OC. The minimum Gasteiger partial charge on any atom is -0.493 e. The quantitative estimate of drug-likeness (QED) is 0.266. The summed E-state index contributed by atoms with van der Waals surface area (Å²) in [6.45, 7) is 1.83. The van der Waals surface area contributed by atoms with Gasteiger partial charge in [0.25, 0.3) is 23.4 Å². The van der Waals surface area contributed by atoms with Crippen LogP contribution in [0.4, 0.5) is 5.69 Å². The first kappa shape index (κ1) is 30.5. The van der Waals surface area contributed by atoms with Crippen LogP contribution in [0.15, 0.2) is 66.7 Å². The van der Waals surface area contributed by atoms with E-state index < -0.39 is 47.2 Å². The Kier molecular flexibility index (Phi) is 9.23. The Morgan fingerprint density at radius 3 is 2.14 bits per heavy atom. The molecule has 3 aromatic carbocycles. The Balaban J connectivity index is 1.73. The minimum absolute atomic E-state index is 0.00320. The summed E-state index contributed by atoms with van der Waals surface area (Å²) < 4.78 is 10.6. The summed E-state index contributed by atoms with van der Waals surface area (Å²) in [5.74, 6) is -2.51. The van der Waals surface area contributed by atoms with E-state index in [-0.39, 0.29) is 35.7 Å². The first-order chi connectivity index (χ1) is 20.5. The molecule has 1 heterocycles. The lowest BCUT2D eigenvalue weighted by Crippen LogP contribution is -2.54. The molecule has 1 aliphatic rings. The van der Waals surface area contributed by atoms with Crippen molar-refractivity contribution in [3.63, 3.8) is 0 Å². The second kappa shape index (κ2) is 13.0. The maximum atomic E-state index is 13.9. The zero-order valence-electron chi connectivity index (χ0n) is 23.7. The second-order valence-corrected chi connectivity index (χ2v) is 9.82. The van der Waals surface area contributed by atoms with Crippen LogP contribution in [0.1, 0.15) is 44.3 Å². The van der Waals surface area contributed by atoms with Crippen molar-refractivity contribution >= 4 is 29.4 Å². The smallest absolute Gasteiger partial charge is 0.305 e. The molecule has 2 atom stereocenters. The van der Waals surface area contributed by atoms with Crippen LogP contribution in [0.5, 0.6) is 11.5 Å². The number of aryl methyl sites for hydroxylation is 1. The molecule has 13 nitrogen and oxygen atoms in total. The highest BCUT2D eigenvalue weighted by atomic mass is 16.6. The molecule has 4 rings (SSSR count). The number of hydrogen-bond acceptors (Lipinski definition) is 8. The van der Waals surface area contributed by atoms with Crippen LogP contribution in [0.2, 0.25) is 0 Å². The largest absolute Gasteiger partial charge is 0.493 e. The average Bonchev–Trinajstić information content (AvgIpc) is 3.44. The molecular formula is C30H30N4O9. The molecule has 13 heteroatoms. The molecule has 1 aliphatic heterocycles. The summed E-state index contributed by atoms with van der Waals surface area (Å²) in [6, 6.07) is 15.3. The van der Waals surface area contributed by atoms with Crippen LogP contribution < -0.4 is 14.8 Å².